The molecule has 74 valence electrons. The predicted octanol–water partition coefficient (Wildman–Crippen LogP) is 2.22. The van der Waals surface area contributed by atoms with Crippen LogP contribution in [0.2, 0.25) is 0 Å². The van der Waals surface area contributed by atoms with Crippen LogP contribution in [0.4, 0.5) is 0 Å². The third-order valence-corrected chi connectivity index (χ3v) is 2.24. The fraction of sp³-hybridized carbons (Fsp3) is 0.636. The van der Waals surface area contributed by atoms with Crippen molar-refractivity contribution in [3.05, 3.63) is 23.5 Å². The van der Waals surface area contributed by atoms with Crippen LogP contribution in [0, 0.1) is 5.92 Å². The van der Waals surface area contributed by atoms with Gasteiger partial charge in [-0.25, -0.2) is 0 Å². The zero-order valence-electron chi connectivity index (χ0n) is 8.55. The molecule has 1 aliphatic carbocycles. The molecule has 0 spiro atoms. The molecule has 0 radical (unpaired) electrons. The molecule has 0 aromatic carbocycles. The van der Waals surface area contributed by atoms with Crippen LogP contribution < -0.4 is 5.73 Å². The van der Waals surface area contributed by atoms with Crippen molar-refractivity contribution in [1.29, 1.82) is 0 Å². The Labute approximate surface area is 80.5 Å². The molecule has 0 fully saturated rings. The summed E-state index contributed by atoms with van der Waals surface area (Å²) in [6, 6.07) is 0. The van der Waals surface area contributed by atoms with E-state index >= 15 is 0 Å². The van der Waals surface area contributed by atoms with Crippen LogP contribution in [-0.2, 0) is 4.74 Å². The highest BCUT2D eigenvalue weighted by molar-refractivity contribution is 5.25. The Morgan fingerprint density at radius 2 is 2.31 bits per heavy atom. The van der Waals surface area contributed by atoms with E-state index in [-0.39, 0.29) is 0 Å². The van der Waals surface area contributed by atoms with Crippen molar-refractivity contribution in [3.8, 4) is 0 Å². The molecule has 2 nitrogen and oxygen atoms in total. The Morgan fingerprint density at radius 1 is 1.54 bits per heavy atom. The summed E-state index contributed by atoms with van der Waals surface area (Å²) in [6.45, 7) is 5.62. The zero-order chi connectivity index (χ0) is 9.68. The molecular weight excluding hydrogens is 162 g/mol. The maximum absolute atomic E-state index is 5.57. The second-order valence-corrected chi connectivity index (χ2v) is 3.62. The van der Waals surface area contributed by atoms with Crippen LogP contribution in [0.3, 0.4) is 0 Å². The van der Waals surface area contributed by atoms with Gasteiger partial charge in [0, 0.05) is 6.54 Å². The van der Waals surface area contributed by atoms with Gasteiger partial charge in [-0.1, -0.05) is 19.9 Å². The van der Waals surface area contributed by atoms with Gasteiger partial charge < -0.3 is 10.5 Å². The molecule has 0 amide bonds. The highest BCUT2D eigenvalue weighted by atomic mass is 16.5. The first-order chi connectivity index (χ1) is 6.25. The van der Waals surface area contributed by atoms with E-state index in [0.717, 1.165) is 18.6 Å². The quantitative estimate of drug-likeness (QED) is 0.721. The molecule has 0 unspecified atom stereocenters. The fourth-order valence-corrected chi connectivity index (χ4v) is 1.54. The minimum atomic E-state index is 0.581. The molecule has 1 rings (SSSR count). The molecule has 0 saturated heterocycles. The van der Waals surface area contributed by atoms with Crippen molar-refractivity contribution in [2.75, 3.05) is 13.2 Å². The summed E-state index contributed by atoms with van der Waals surface area (Å²) in [5, 5.41) is 0. The lowest BCUT2D eigenvalue weighted by molar-refractivity contribution is 0.225. The molecule has 1 aliphatic rings. The molecule has 0 saturated carbocycles. The van der Waals surface area contributed by atoms with Crippen LogP contribution in [0.25, 0.3) is 0 Å². The molecule has 0 bridgehead atoms. The van der Waals surface area contributed by atoms with Crippen molar-refractivity contribution in [2.45, 2.75) is 26.7 Å². The summed E-state index contributed by atoms with van der Waals surface area (Å²) in [7, 11) is 0. The van der Waals surface area contributed by atoms with Gasteiger partial charge in [-0.3, -0.25) is 0 Å². The lowest BCUT2D eigenvalue weighted by Gasteiger charge is -2.19. The lowest BCUT2D eigenvalue weighted by atomic mass is 9.94. The SMILES string of the molecule is CC(C)C1=C(OCCN)C=CCC1. The molecule has 13 heavy (non-hydrogen) atoms. The van der Waals surface area contributed by atoms with Crippen molar-refractivity contribution in [2.24, 2.45) is 11.7 Å². The molecule has 0 aromatic heterocycles. The highest BCUT2D eigenvalue weighted by Gasteiger charge is 2.12. The average molecular weight is 181 g/mol. The van der Waals surface area contributed by atoms with E-state index in [0.29, 0.717) is 19.1 Å². The number of hydrogen-bond donors (Lipinski definition) is 1. The van der Waals surface area contributed by atoms with Gasteiger partial charge in [-0.05, 0) is 30.4 Å². The Balaban J connectivity index is 2.66. The van der Waals surface area contributed by atoms with E-state index in [1.165, 1.54) is 5.57 Å². The number of rotatable bonds is 4. The van der Waals surface area contributed by atoms with E-state index in [1.54, 1.807) is 0 Å². The number of hydrogen-bond acceptors (Lipinski definition) is 2. The van der Waals surface area contributed by atoms with Crippen LogP contribution in [-0.4, -0.2) is 13.2 Å². The Bertz CT molecular complexity index is 216. The Hall–Kier alpha value is -0.760. The summed E-state index contributed by atoms with van der Waals surface area (Å²) in [5.41, 5.74) is 6.82. The standard InChI is InChI=1S/C11H19NO/c1-9(2)10-5-3-4-6-11(10)13-8-7-12/h4,6,9H,3,5,7-8,12H2,1-2H3. The smallest absolute Gasteiger partial charge is 0.118 e. The lowest BCUT2D eigenvalue weighted by Crippen LogP contribution is -2.11. The zero-order valence-corrected chi connectivity index (χ0v) is 8.55. The first-order valence-electron chi connectivity index (χ1n) is 4.98. The monoisotopic (exact) mass is 181 g/mol. The molecule has 0 heterocycles. The predicted molar refractivity (Wildman–Crippen MR) is 55.2 cm³/mol. The summed E-state index contributed by atoms with van der Waals surface area (Å²) in [4.78, 5) is 0. The second kappa shape index (κ2) is 5.07. The van der Waals surface area contributed by atoms with E-state index in [4.69, 9.17) is 10.5 Å². The molecule has 0 aliphatic heterocycles. The van der Waals surface area contributed by atoms with Gasteiger partial charge in [0.05, 0.1) is 0 Å². The average Bonchev–Trinajstić information content (AvgIpc) is 2.15. The topological polar surface area (TPSA) is 35.2 Å². The van der Waals surface area contributed by atoms with E-state index < -0.39 is 0 Å². The summed E-state index contributed by atoms with van der Waals surface area (Å²) >= 11 is 0. The summed E-state index contributed by atoms with van der Waals surface area (Å²) in [5.74, 6) is 1.63. The highest BCUT2D eigenvalue weighted by Crippen LogP contribution is 2.25. The van der Waals surface area contributed by atoms with Crippen molar-refractivity contribution < 1.29 is 4.74 Å². The van der Waals surface area contributed by atoms with E-state index in [1.807, 2.05) is 0 Å². The third-order valence-electron chi connectivity index (χ3n) is 2.24. The number of allylic oxidation sites excluding steroid dienone is 3. The minimum absolute atomic E-state index is 0.581. The van der Waals surface area contributed by atoms with Crippen molar-refractivity contribution in [1.82, 2.24) is 0 Å². The molecule has 0 atom stereocenters. The van der Waals surface area contributed by atoms with Gasteiger partial charge in [0.15, 0.2) is 0 Å². The van der Waals surface area contributed by atoms with E-state index in [9.17, 15) is 0 Å². The van der Waals surface area contributed by atoms with Gasteiger partial charge in [0.1, 0.15) is 12.4 Å². The van der Waals surface area contributed by atoms with Crippen LogP contribution >= 0.6 is 0 Å². The van der Waals surface area contributed by atoms with Gasteiger partial charge >= 0.3 is 0 Å². The van der Waals surface area contributed by atoms with Gasteiger partial charge in [0.25, 0.3) is 0 Å². The largest absolute Gasteiger partial charge is 0.492 e. The van der Waals surface area contributed by atoms with Crippen LogP contribution in [0.15, 0.2) is 23.5 Å². The second-order valence-electron chi connectivity index (χ2n) is 3.62. The Kier molecular flexibility index (Phi) is 4.03. The summed E-state index contributed by atoms with van der Waals surface area (Å²) in [6.07, 6.45) is 6.52. The summed E-state index contributed by atoms with van der Waals surface area (Å²) < 4.78 is 5.57. The fourth-order valence-electron chi connectivity index (χ4n) is 1.54. The van der Waals surface area contributed by atoms with Gasteiger partial charge in [0.2, 0.25) is 0 Å². The van der Waals surface area contributed by atoms with Gasteiger partial charge in [-0.2, -0.15) is 0 Å². The van der Waals surface area contributed by atoms with Crippen molar-refractivity contribution in [3.63, 3.8) is 0 Å². The molecule has 2 N–H and O–H groups in total. The third kappa shape index (κ3) is 2.88. The molecule has 2 heteroatoms. The van der Waals surface area contributed by atoms with Gasteiger partial charge in [-0.15, -0.1) is 0 Å². The first-order valence-corrected chi connectivity index (χ1v) is 4.98. The van der Waals surface area contributed by atoms with E-state index in [2.05, 4.69) is 26.0 Å². The normalized spacial score (nSPS) is 16.9. The van der Waals surface area contributed by atoms with Crippen LogP contribution in [0.5, 0.6) is 0 Å². The Morgan fingerprint density at radius 3 is 2.92 bits per heavy atom. The maximum Gasteiger partial charge on any atom is 0.118 e. The minimum Gasteiger partial charge on any atom is -0.492 e. The molecular formula is C11H19NO. The van der Waals surface area contributed by atoms with Crippen molar-refractivity contribution >= 4 is 0 Å². The number of nitrogens with two attached hydrogens (primary N) is 1. The molecule has 0 aromatic rings. The maximum atomic E-state index is 5.57. The van der Waals surface area contributed by atoms with Crippen LogP contribution in [0.1, 0.15) is 26.7 Å². The number of ether oxygens (including phenoxy) is 1. The first kappa shape index (κ1) is 10.3.